The van der Waals surface area contributed by atoms with Gasteiger partial charge < -0.3 is 24.0 Å². The Bertz CT molecular complexity index is 945. The smallest absolute Gasteiger partial charge is 0.338 e. The Hall–Kier alpha value is -2.04. The van der Waals surface area contributed by atoms with Gasteiger partial charge in [-0.2, -0.15) is 11.8 Å². The highest BCUT2D eigenvalue weighted by Crippen LogP contribution is 2.40. The molecule has 0 fully saturated rings. The summed E-state index contributed by atoms with van der Waals surface area (Å²) in [6.07, 6.45) is 3.44. The predicted octanol–water partition coefficient (Wildman–Crippen LogP) is 5.23. The summed E-state index contributed by atoms with van der Waals surface area (Å²) in [6.45, 7) is 11.5. The molecule has 1 aromatic rings. The van der Waals surface area contributed by atoms with Crippen LogP contribution in [0.4, 0.5) is 0 Å². The van der Waals surface area contributed by atoms with Gasteiger partial charge in [0.2, 0.25) is 14.2 Å². The molecule has 1 aromatic carbocycles. The Labute approximate surface area is 226 Å². The van der Waals surface area contributed by atoms with Crippen molar-refractivity contribution in [2.45, 2.75) is 89.4 Å². The van der Waals surface area contributed by atoms with E-state index in [-0.39, 0.29) is 10.9 Å². The highest BCUT2D eigenvalue weighted by Gasteiger charge is 2.40. The molecule has 10 heteroatoms. The topological polar surface area (TPSA) is 100 Å². The van der Waals surface area contributed by atoms with E-state index in [0.29, 0.717) is 55.3 Å². The Kier molecular flexibility index (Phi) is 12.0. The van der Waals surface area contributed by atoms with Gasteiger partial charge in [-0.05, 0) is 48.7 Å². The van der Waals surface area contributed by atoms with E-state index < -0.39 is 26.3 Å². The maximum absolute atomic E-state index is 13.3. The van der Waals surface area contributed by atoms with Crippen molar-refractivity contribution in [3.05, 3.63) is 28.8 Å². The number of cyclic esters (lactones) is 1. The molecule has 0 saturated heterocycles. The molecule has 1 atom stereocenters. The fourth-order valence-electron chi connectivity index (χ4n) is 3.64. The van der Waals surface area contributed by atoms with Gasteiger partial charge in [0.25, 0.3) is 0 Å². The second kappa shape index (κ2) is 14.2. The molecule has 1 N–H and O–H groups in total. The van der Waals surface area contributed by atoms with Gasteiger partial charge in [-0.25, -0.2) is 9.59 Å². The summed E-state index contributed by atoms with van der Waals surface area (Å²) in [5, 5.41) is 2.76. The lowest BCUT2D eigenvalue weighted by atomic mass is 10.0. The highest BCUT2D eigenvalue weighted by molar-refractivity contribution is 7.98. The number of methoxy groups -OCH3 is 2. The molecule has 1 aliphatic rings. The van der Waals surface area contributed by atoms with Crippen LogP contribution in [0.1, 0.15) is 74.4 Å². The lowest BCUT2D eigenvalue weighted by Crippen LogP contribution is -2.44. The maximum Gasteiger partial charge on any atom is 0.338 e. The van der Waals surface area contributed by atoms with E-state index in [0.717, 1.165) is 24.0 Å². The molecule has 8 nitrogen and oxygen atoms in total. The van der Waals surface area contributed by atoms with Crippen LogP contribution in [-0.2, 0) is 36.2 Å². The van der Waals surface area contributed by atoms with Gasteiger partial charge in [0.1, 0.15) is 11.8 Å². The van der Waals surface area contributed by atoms with E-state index in [1.165, 1.54) is 18.9 Å². The number of rotatable bonds is 5. The van der Waals surface area contributed by atoms with Gasteiger partial charge >= 0.3 is 11.9 Å². The second-order valence-corrected chi connectivity index (χ2v) is 16.6. The molecule has 208 valence electrons. The van der Waals surface area contributed by atoms with Crippen molar-refractivity contribution >= 4 is 37.9 Å². The lowest BCUT2D eigenvalue weighted by Gasteiger charge is -2.37. The minimum Gasteiger partial charge on any atom is -0.543 e. The van der Waals surface area contributed by atoms with Crippen molar-refractivity contribution in [1.29, 1.82) is 0 Å². The fraction of sp³-hybridized carbons (Fsp3) is 0.667. The zero-order chi connectivity index (χ0) is 27.6. The molecule has 0 radical (unpaired) electrons. The summed E-state index contributed by atoms with van der Waals surface area (Å²) >= 11 is 1.44. The first-order chi connectivity index (χ1) is 17.4. The van der Waals surface area contributed by atoms with Gasteiger partial charge in [-0.15, -0.1) is 0 Å². The molecular formula is C27H43NO7SSi. The maximum atomic E-state index is 13.3. The molecule has 1 aliphatic heterocycles. The number of ether oxygens (including phenoxy) is 3. The first-order valence-electron chi connectivity index (χ1n) is 12.9. The summed E-state index contributed by atoms with van der Waals surface area (Å²) in [5.41, 5.74) is 1.99. The normalized spacial score (nSPS) is 18.8. The predicted molar refractivity (Wildman–Crippen MR) is 148 cm³/mol. The first-order valence-corrected chi connectivity index (χ1v) is 16.9. The summed E-state index contributed by atoms with van der Waals surface area (Å²) in [6, 6.07) is 2.97. The van der Waals surface area contributed by atoms with Crippen LogP contribution in [0, 0.1) is 0 Å². The minimum absolute atomic E-state index is 0.0522. The Balaban J connectivity index is 2.50. The number of hydrogen-bond donors (Lipinski definition) is 1. The first kappa shape index (κ1) is 31.2. The van der Waals surface area contributed by atoms with Crippen LogP contribution in [0.15, 0.2) is 12.1 Å². The molecule has 0 unspecified atom stereocenters. The standard InChI is InChI=1S/C27H43NO7SSi/c1-27(2,3)37(6,7)35-23-15-19(16-32-4)14-20-21(23)17-36-18-22(26(31)33-5)28-24(29)12-10-8-9-11-13-34-25(20)30/h14-15,22H,8-13,16-18H2,1-7H3,(H,28,29)/t22-/m0/s1. The molecule has 0 spiro atoms. The van der Waals surface area contributed by atoms with E-state index in [9.17, 15) is 14.4 Å². The monoisotopic (exact) mass is 553 g/mol. The van der Waals surface area contributed by atoms with Gasteiger partial charge in [-0.1, -0.05) is 33.6 Å². The van der Waals surface area contributed by atoms with Crippen molar-refractivity contribution in [1.82, 2.24) is 5.32 Å². The van der Waals surface area contributed by atoms with E-state index in [4.69, 9.17) is 18.6 Å². The van der Waals surface area contributed by atoms with E-state index in [1.807, 2.05) is 12.1 Å². The number of nitrogens with one attached hydrogen (secondary N) is 1. The Morgan fingerprint density at radius 1 is 1.14 bits per heavy atom. The van der Waals surface area contributed by atoms with E-state index >= 15 is 0 Å². The van der Waals surface area contributed by atoms with Crippen molar-refractivity contribution in [2.75, 3.05) is 26.6 Å². The van der Waals surface area contributed by atoms with E-state index in [1.54, 1.807) is 7.11 Å². The molecule has 0 saturated carbocycles. The van der Waals surface area contributed by atoms with Crippen LogP contribution < -0.4 is 9.74 Å². The lowest BCUT2D eigenvalue weighted by molar-refractivity contribution is -0.144. The number of fused-ring (bicyclic) bond motifs is 1. The average Bonchev–Trinajstić information content (AvgIpc) is 2.81. The number of carbonyl (C=O) groups excluding carboxylic acids is 3. The summed E-state index contributed by atoms with van der Waals surface area (Å²) in [7, 11) is 0.675. The van der Waals surface area contributed by atoms with Crippen molar-refractivity contribution in [3.63, 3.8) is 0 Å². The molecule has 1 amide bonds. The van der Waals surface area contributed by atoms with Crippen molar-refractivity contribution < 1.29 is 33.0 Å². The van der Waals surface area contributed by atoms with Crippen LogP contribution >= 0.6 is 11.8 Å². The van der Waals surface area contributed by atoms with Crippen LogP contribution in [-0.4, -0.2) is 58.8 Å². The van der Waals surface area contributed by atoms with Gasteiger partial charge in [-0.3, -0.25) is 4.79 Å². The molecule has 0 aliphatic carbocycles. The number of benzene rings is 1. The molecule has 2 rings (SSSR count). The molecule has 37 heavy (non-hydrogen) atoms. The van der Waals surface area contributed by atoms with Crippen molar-refractivity contribution in [3.8, 4) is 5.75 Å². The number of amides is 1. The zero-order valence-corrected chi connectivity index (χ0v) is 25.2. The van der Waals surface area contributed by atoms with Gasteiger partial charge in [0.05, 0.1) is 25.9 Å². The fourth-order valence-corrected chi connectivity index (χ4v) is 5.76. The Morgan fingerprint density at radius 3 is 2.49 bits per heavy atom. The second-order valence-electron chi connectivity index (χ2n) is 10.9. The number of esters is 2. The third kappa shape index (κ3) is 9.33. The van der Waals surface area contributed by atoms with Gasteiger partial charge in [0, 0.05) is 30.6 Å². The van der Waals surface area contributed by atoms with Crippen LogP contribution in [0.5, 0.6) is 5.75 Å². The number of thioether (sulfide) groups is 1. The summed E-state index contributed by atoms with van der Waals surface area (Å²) in [5.74, 6) is 0.284. The van der Waals surface area contributed by atoms with Gasteiger partial charge in [0.15, 0.2) is 0 Å². The number of hydrogen-bond acceptors (Lipinski definition) is 8. The quantitative estimate of drug-likeness (QED) is 0.391. The molecule has 1 heterocycles. The number of carbonyl (C=O) groups is 3. The summed E-state index contributed by atoms with van der Waals surface area (Å²) < 4.78 is 22.7. The SMILES string of the molecule is COCc1cc(O[Si](C)(C)C(C)(C)C)c2c(c1)C(=O)OCCCCCCC(=O)N[C@H](C(=O)OC)CSC2. The summed E-state index contributed by atoms with van der Waals surface area (Å²) in [4.78, 5) is 38.1. The van der Waals surface area contributed by atoms with E-state index in [2.05, 4.69) is 39.2 Å². The third-order valence-electron chi connectivity index (χ3n) is 6.85. The molecule has 0 bridgehead atoms. The Morgan fingerprint density at radius 2 is 1.84 bits per heavy atom. The molecular weight excluding hydrogens is 510 g/mol. The average molecular weight is 554 g/mol. The highest BCUT2D eigenvalue weighted by atomic mass is 32.2. The minimum atomic E-state index is -2.25. The largest absolute Gasteiger partial charge is 0.543 e. The van der Waals surface area contributed by atoms with Crippen LogP contribution in [0.25, 0.3) is 0 Å². The zero-order valence-electron chi connectivity index (χ0n) is 23.4. The third-order valence-corrected chi connectivity index (χ3v) is 12.3. The van der Waals surface area contributed by atoms with Crippen LogP contribution in [0.3, 0.4) is 0 Å². The molecule has 0 aromatic heterocycles. The van der Waals surface area contributed by atoms with Crippen LogP contribution in [0.2, 0.25) is 18.1 Å². The van der Waals surface area contributed by atoms with Crippen molar-refractivity contribution in [2.24, 2.45) is 0 Å².